The monoisotopic (exact) mass is 307 g/mol. The number of rotatable bonds is 5. The molecular weight excluding hydrogens is 286 g/mol. The Morgan fingerprint density at radius 3 is 2.41 bits per heavy atom. The van der Waals surface area contributed by atoms with E-state index in [2.05, 4.69) is 85.2 Å². The highest BCUT2D eigenvalue weighted by atomic mass is 32.2. The van der Waals surface area contributed by atoms with Gasteiger partial charge >= 0.3 is 0 Å². The minimum absolute atomic E-state index is 0.325. The van der Waals surface area contributed by atoms with Crippen LogP contribution in [-0.4, -0.2) is 6.26 Å². The van der Waals surface area contributed by atoms with Crippen molar-refractivity contribution in [1.29, 1.82) is 0 Å². The van der Waals surface area contributed by atoms with Crippen molar-refractivity contribution in [2.24, 2.45) is 0 Å². The van der Waals surface area contributed by atoms with Crippen molar-refractivity contribution < 1.29 is 0 Å². The van der Waals surface area contributed by atoms with E-state index in [0.29, 0.717) is 6.04 Å². The van der Waals surface area contributed by atoms with Gasteiger partial charge in [0.15, 0.2) is 0 Å². The fourth-order valence-corrected chi connectivity index (χ4v) is 3.16. The van der Waals surface area contributed by atoms with E-state index in [4.69, 9.17) is 0 Å². The first-order valence-corrected chi connectivity index (χ1v) is 8.84. The summed E-state index contributed by atoms with van der Waals surface area (Å²) in [5.41, 5.74) is 2.68. The Kier molecular flexibility index (Phi) is 4.81. The molecule has 0 aliphatic rings. The minimum atomic E-state index is 0.325. The maximum absolute atomic E-state index is 3.64. The Labute approximate surface area is 136 Å². The molecule has 1 N–H and O–H groups in total. The lowest BCUT2D eigenvalue weighted by Crippen LogP contribution is -2.18. The van der Waals surface area contributed by atoms with Gasteiger partial charge in [-0.25, -0.2) is 0 Å². The average Bonchev–Trinajstić information content (AvgIpc) is 2.59. The summed E-state index contributed by atoms with van der Waals surface area (Å²) in [6.07, 6.45) is 2.11. The summed E-state index contributed by atoms with van der Waals surface area (Å²) >= 11 is 1.78. The van der Waals surface area contributed by atoms with Crippen molar-refractivity contribution in [2.75, 3.05) is 6.26 Å². The molecule has 0 fully saturated rings. The number of hydrogen-bond acceptors (Lipinski definition) is 2. The van der Waals surface area contributed by atoms with Gasteiger partial charge in [0.2, 0.25) is 0 Å². The topological polar surface area (TPSA) is 12.0 Å². The van der Waals surface area contributed by atoms with Crippen LogP contribution >= 0.6 is 11.8 Å². The maximum Gasteiger partial charge on any atom is 0.0301 e. The van der Waals surface area contributed by atoms with E-state index in [1.54, 1.807) is 11.8 Å². The fraction of sp³-hybridized carbons (Fsp3) is 0.200. The smallest absolute Gasteiger partial charge is 0.0301 e. The van der Waals surface area contributed by atoms with Gasteiger partial charge in [-0.05, 0) is 47.2 Å². The zero-order chi connectivity index (χ0) is 15.4. The van der Waals surface area contributed by atoms with Crippen LogP contribution in [0.2, 0.25) is 0 Å². The van der Waals surface area contributed by atoms with Gasteiger partial charge in [-0.15, -0.1) is 11.8 Å². The highest BCUT2D eigenvalue weighted by molar-refractivity contribution is 7.98. The van der Waals surface area contributed by atoms with Gasteiger partial charge < -0.3 is 5.32 Å². The summed E-state index contributed by atoms with van der Waals surface area (Å²) < 4.78 is 0. The Morgan fingerprint density at radius 2 is 1.64 bits per heavy atom. The zero-order valence-electron chi connectivity index (χ0n) is 13.0. The molecule has 0 aromatic heterocycles. The van der Waals surface area contributed by atoms with Crippen molar-refractivity contribution in [1.82, 2.24) is 5.32 Å². The molecular formula is C20H21NS. The second-order valence-corrected chi connectivity index (χ2v) is 6.40. The number of fused-ring (bicyclic) bond motifs is 1. The van der Waals surface area contributed by atoms with Gasteiger partial charge in [-0.1, -0.05) is 54.6 Å². The molecule has 0 bridgehead atoms. The SMILES string of the molecule is CSc1ccc(CNC(C)c2cccc3ccccc23)cc1. The minimum Gasteiger partial charge on any atom is -0.306 e. The maximum atomic E-state index is 3.64. The standard InChI is InChI=1S/C20H21NS/c1-15(21-14-16-10-12-18(22-2)13-11-16)19-9-5-7-17-6-3-4-8-20(17)19/h3-13,15,21H,14H2,1-2H3. The number of thioether (sulfide) groups is 1. The first-order valence-electron chi connectivity index (χ1n) is 7.62. The second-order valence-electron chi connectivity index (χ2n) is 5.52. The van der Waals surface area contributed by atoms with E-state index < -0.39 is 0 Å². The van der Waals surface area contributed by atoms with Crippen LogP contribution in [0.1, 0.15) is 24.1 Å². The molecule has 0 radical (unpaired) electrons. The van der Waals surface area contributed by atoms with Crippen LogP contribution < -0.4 is 5.32 Å². The van der Waals surface area contributed by atoms with Gasteiger partial charge in [-0.3, -0.25) is 0 Å². The van der Waals surface area contributed by atoms with E-state index >= 15 is 0 Å². The van der Waals surface area contributed by atoms with Gasteiger partial charge in [-0.2, -0.15) is 0 Å². The number of nitrogens with one attached hydrogen (secondary N) is 1. The highest BCUT2D eigenvalue weighted by Crippen LogP contribution is 2.24. The Morgan fingerprint density at radius 1 is 0.909 bits per heavy atom. The van der Waals surface area contributed by atoms with Crippen LogP contribution in [0.15, 0.2) is 71.6 Å². The molecule has 1 unspecified atom stereocenters. The van der Waals surface area contributed by atoms with Crippen molar-refractivity contribution >= 4 is 22.5 Å². The van der Waals surface area contributed by atoms with E-state index in [1.807, 2.05) is 0 Å². The molecule has 0 amide bonds. The predicted octanol–water partition coefficient (Wildman–Crippen LogP) is 5.41. The van der Waals surface area contributed by atoms with Crippen molar-refractivity contribution in [3.63, 3.8) is 0 Å². The highest BCUT2D eigenvalue weighted by Gasteiger charge is 2.08. The van der Waals surface area contributed by atoms with Crippen molar-refractivity contribution in [2.45, 2.75) is 24.4 Å². The summed E-state index contributed by atoms with van der Waals surface area (Å²) in [6, 6.07) is 24.2. The van der Waals surface area contributed by atoms with E-state index in [1.165, 1.54) is 26.8 Å². The summed E-state index contributed by atoms with van der Waals surface area (Å²) in [4.78, 5) is 1.31. The molecule has 22 heavy (non-hydrogen) atoms. The van der Waals surface area contributed by atoms with Gasteiger partial charge in [0.1, 0.15) is 0 Å². The van der Waals surface area contributed by atoms with Gasteiger partial charge in [0, 0.05) is 17.5 Å². The lowest BCUT2D eigenvalue weighted by atomic mass is 9.99. The number of hydrogen-bond donors (Lipinski definition) is 1. The molecule has 2 heteroatoms. The van der Waals surface area contributed by atoms with Crippen LogP contribution in [0.4, 0.5) is 0 Å². The predicted molar refractivity (Wildman–Crippen MR) is 97.4 cm³/mol. The normalized spacial score (nSPS) is 12.5. The third-order valence-electron chi connectivity index (χ3n) is 4.06. The first-order chi connectivity index (χ1) is 10.8. The molecule has 0 aliphatic carbocycles. The molecule has 0 saturated heterocycles. The first kappa shape index (κ1) is 15.1. The molecule has 1 nitrogen and oxygen atoms in total. The van der Waals surface area contributed by atoms with Crippen molar-refractivity contribution in [3.8, 4) is 0 Å². The average molecular weight is 307 g/mol. The summed E-state index contributed by atoms with van der Waals surface area (Å²) in [6.45, 7) is 3.12. The van der Waals surface area contributed by atoms with E-state index in [-0.39, 0.29) is 0 Å². The molecule has 0 spiro atoms. The van der Waals surface area contributed by atoms with Crippen molar-refractivity contribution in [3.05, 3.63) is 77.9 Å². The Bertz CT molecular complexity index is 744. The Balaban J connectivity index is 1.74. The van der Waals surface area contributed by atoms with Crippen LogP contribution in [0.5, 0.6) is 0 Å². The summed E-state index contributed by atoms with van der Waals surface area (Å²) in [5, 5.41) is 6.28. The van der Waals surface area contributed by atoms with E-state index in [0.717, 1.165) is 6.54 Å². The molecule has 3 rings (SSSR count). The summed E-state index contributed by atoms with van der Waals surface area (Å²) in [5.74, 6) is 0. The van der Waals surface area contributed by atoms with Crippen LogP contribution in [0.3, 0.4) is 0 Å². The third kappa shape index (κ3) is 3.34. The lowest BCUT2D eigenvalue weighted by Gasteiger charge is -2.17. The fourth-order valence-electron chi connectivity index (χ4n) is 2.75. The molecule has 3 aromatic carbocycles. The molecule has 112 valence electrons. The largest absolute Gasteiger partial charge is 0.306 e. The van der Waals surface area contributed by atoms with Crippen LogP contribution in [-0.2, 0) is 6.54 Å². The molecule has 3 aromatic rings. The lowest BCUT2D eigenvalue weighted by molar-refractivity contribution is 0.578. The second kappa shape index (κ2) is 6.99. The quantitative estimate of drug-likeness (QED) is 0.632. The Hall–Kier alpha value is -1.77. The molecule has 1 atom stereocenters. The number of benzene rings is 3. The van der Waals surface area contributed by atoms with E-state index in [9.17, 15) is 0 Å². The zero-order valence-corrected chi connectivity index (χ0v) is 13.9. The van der Waals surface area contributed by atoms with Gasteiger partial charge in [0.25, 0.3) is 0 Å². The third-order valence-corrected chi connectivity index (χ3v) is 4.80. The van der Waals surface area contributed by atoms with Crippen LogP contribution in [0.25, 0.3) is 10.8 Å². The van der Waals surface area contributed by atoms with Gasteiger partial charge in [0.05, 0.1) is 0 Å². The molecule has 0 aliphatic heterocycles. The molecule has 0 heterocycles. The van der Waals surface area contributed by atoms with Crippen LogP contribution in [0, 0.1) is 0 Å². The summed E-state index contributed by atoms with van der Waals surface area (Å²) in [7, 11) is 0. The molecule has 0 saturated carbocycles.